The minimum atomic E-state index is -0.651. The van der Waals surface area contributed by atoms with Crippen LogP contribution in [0.2, 0.25) is 0 Å². The molecule has 0 radical (unpaired) electrons. The first-order valence-corrected chi connectivity index (χ1v) is 9.35. The molecule has 3 aromatic rings. The number of rotatable bonds is 10. The largest absolute Gasteiger partial charge is 0.489 e. The molecule has 0 spiro atoms. The van der Waals surface area contributed by atoms with Crippen LogP contribution in [0.15, 0.2) is 84.9 Å². The van der Waals surface area contributed by atoms with Crippen LogP contribution < -0.4 is 15.5 Å². The van der Waals surface area contributed by atoms with Crippen LogP contribution in [0.5, 0.6) is 5.75 Å². The highest BCUT2D eigenvalue weighted by Gasteiger charge is 2.10. The zero-order valence-corrected chi connectivity index (χ0v) is 16.0. The van der Waals surface area contributed by atoms with Crippen LogP contribution >= 0.6 is 0 Å². The lowest BCUT2D eigenvalue weighted by molar-refractivity contribution is -0.0555. The van der Waals surface area contributed by atoms with E-state index in [0.717, 1.165) is 16.9 Å². The van der Waals surface area contributed by atoms with Crippen LogP contribution in [0.1, 0.15) is 21.5 Å². The third kappa shape index (κ3) is 6.73. The van der Waals surface area contributed by atoms with Crippen LogP contribution in [-0.2, 0) is 17.8 Å². The predicted octanol–water partition coefficient (Wildman–Crippen LogP) is 3.52. The van der Waals surface area contributed by atoms with Gasteiger partial charge in [0, 0.05) is 12.0 Å². The van der Waals surface area contributed by atoms with E-state index < -0.39 is 6.23 Å². The highest BCUT2D eigenvalue weighted by molar-refractivity contribution is 5.93. The maximum atomic E-state index is 12.0. The van der Waals surface area contributed by atoms with E-state index in [0.29, 0.717) is 18.6 Å². The highest BCUT2D eigenvalue weighted by atomic mass is 16.6. The summed E-state index contributed by atoms with van der Waals surface area (Å²) in [7, 11) is 0. The van der Waals surface area contributed by atoms with E-state index in [2.05, 4.69) is 10.8 Å². The summed E-state index contributed by atoms with van der Waals surface area (Å²) < 4.78 is 11.3. The summed E-state index contributed by atoms with van der Waals surface area (Å²) in [5.74, 6) is 0.532. The molecule has 0 fully saturated rings. The summed E-state index contributed by atoms with van der Waals surface area (Å²) in [5.41, 5.74) is 4.73. The molecule has 3 aromatic carbocycles. The van der Waals surface area contributed by atoms with Gasteiger partial charge in [0.1, 0.15) is 25.3 Å². The fourth-order valence-corrected chi connectivity index (χ4v) is 2.72. The Balaban J connectivity index is 1.43. The molecule has 0 heterocycles. The first-order valence-electron chi connectivity index (χ1n) is 9.35. The van der Waals surface area contributed by atoms with Gasteiger partial charge in [-0.2, -0.15) is 5.48 Å². The molecule has 0 unspecified atom stereocenters. The van der Waals surface area contributed by atoms with Crippen molar-refractivity contribution in [3.63, 3.8) is 0 Å². The van der Waals surface area contributed by atoms with Gasteiger partial charge in [0.15, 0.2) is 0 Å². The number of benzene rings is 3. The van der Waals surface area contributed by atoms with Gasteiger partial charge in [0.2, 0.25) is 0 Å². The summed E-state index contributed by atoms with van der Waals surface area (Å²) >= 11 is 0. The Kier molecular flexibility index (Phi) is 7.77. The van der Waals surface area contributed by atoms with Crippen molar-refractivity contribution >= 4 is 5.91 Å². The Morgan fingerprint density at radius 2 is 1.52 bits per heavy atom. The molecule has 3 rings (SSSR count). The monoisotopic (exact) mass is 392 g/mol. The maximum absolute atomic E-state index is 12.0. The lowest BCUT2D eigenvalue weighted by Crippen LogP contribution is -2.36. The van der Waals surface area contributed by atoms with Gasteiger partial charge in [0.05, 0.1) is 0 Å². The molecule has 0 bridgehead atoms. The molecule has 1 atom stereocenters. The molecule has 6 nitrogen and oxygen atoms in total. The van der Waals surface area contributed by atoms with Crippen molar-refractivity contribution in [2.24, 2.45) is 0 Å². The highest BCUT2D eigenvalue weighted by Crippen LogP contribution is 2.15. The molecule has 6 heteroatoms. The van der Waals surface area contributed by atoms with Gasteiger partial charge in [-0.05, 0) is 35.4 Å². The van der Waals surface area contributed by atoms with Gasteiger partial charge >= 0.3 is 0 Å². The predicted molar refractivity (Wildman–Crippen MR) is 109 cm³/mol. The lowest BCUT2D eigenvalue weighted by atomic mass is 10.1. The van der Waals surface area contributed by atoms with Gasteiger partial charge in [-0.3, -0.25) is 4.79 Å². The van der Waals surface area contributed by atoms with Gasteiger partial charge in [-0.1, -0.05) is 60.7 Å². The topological polar surface area (TPSA) is 79.8 Å². The number of nitrogens with one attached hydrogen (secondary N) is 2. The zero-order chi connectivity index (χ0) is 20.3. The molecule has 150 valence electrons. The Morgan fingerprint density at radius 3 is 2.17 bits per heavy atom. The van der Waals surface area contributed by atoms with E-state index in [1.54, 1.807) is 24.3 Å². The number of hydrogen-bond donors (Lipinski definition) is 3. The average molecular weight is 392 g/mol. The second-order valence-electron chi connectivity index (χ2n) is 6.42. The quantitative estimate of drug-likeness (QED) is 0.363. The average Bonchev–Trinajstić information content (AvgIpc) is 2.79. The Labute approximate surface area is 170 Å². The normalized spacial score (nSPS) is 11.6. The van der Waals surface area contributed by atoms with Crippen molar-refractivity contribution in [1.29, 1.82) is 0 Å². The van der Waals surface area contributed by atoms with Crippen LogP contribution in [-0.4, -0.2) is 24.1 Å². The molecule has 1 amide bonds. The van der Waals surface area contributed by atoms with E-state index in [1.165, 1.54) is 0 Å². The summed E-state index contributed by atoms with van der Waals surface area (Å²) in [4.78, 5) is 12.0. The number of hydrogen-bond acceptors (Lipinski definition) is 5. The fraction of sp³-hybridized carbons (Fsp3) is 0.174. The molecule has 0 saturated heterocycles. The molecule has 0 aliphatic carbocycles. The Hall–Kier alpha value is -3.19. The SMILES string of the molecule is O=C(NCO[C@@H](Cc1ccc(OCc2ccccc2)cc1)NO)c1ccccc1. The third-order valence-corrected chi connectivity index (χ3v) is 4.29. The minimum Gasteiger partial charge on any atom is -0.489 e. The third-order valence-electron chi connectivity index (χ3n) is 4.29. The molecule has 0 aliphatic rings. The number of hydroxylamine groups is 1. The molecule has 0 aliphatic heterocycles. The molecular formula is C23H24N2O4. The Morgan fingerprint density at radius 1 is 0.862 bits per heavy atom. The summed E-state index contributed by atoms with van der Waals surface area (Å²) in [5, 5.41) is 12.0. The van der Waals surface area contributed by atoms with E-state index in [4.69, 9.17) is 9.47 Å². The molecule has 3 N–H and O–H groups in total. The van der Waals surface area contributed by atoms with Crippen LogP contribution in [0.4, 0.5) is 0 Å². The van der Waals surface area contributed by atoms with Crippen molar-refractivity contribution in [3.8, 4) is 5.75 Å². The lowest BCUT2D eigenvalue weighted by Gasteiger charge is -2.17. The van der Waals surface area contributed by atoms with Gasteiger partial charge in [-0.25, -0.2) is 0 Å². The van der Waals surface area contributed by atoms with Crippen molar-refractivity contribution in [1.82, 2.24) is 10.8 Å². The molecule has 0 saturated carbocycles. The van der Waals surface area contributed by atoms with E-state index in [-0.39, 0.29) is 12.6 Å². The Bertz CT molecular complexity index is 870. The van der Waals surface area contributed by atoms with Gasteiger partial charge in [-0.15, -0.1) is 0 Å². The fourth-order valence-electron chi connectivity index (χ4n) is 2.72. The van der Waals surface area contributed by atoms with Crippen molar-refractivity contribution in [2.45, 2.75) is 19.3 Å². The maximum Gasteiger partial charge on any atom is 0.253 e. The first kappa shape index (κ1) is 20.5. The van der Waals surface area contributed by atoms with E-state index in [1.807, 2.05) is 60.7 Å². The standard InChI is InChI=1S/C23H24N2O4/c26-23(20-9-5-2-6-10-20)24-17-29-22(25-27)15-18-11-13-21(14-12-18)28-16-19-7-3-1-4-8-19/h1-14,22,25,27H,15-17H2,(H,24,26)/t22-/m0/s1. The van der Waals surface area contributed by atoms with Crippen LogP contribution in [0, 0.1) is 0 Å². The van der Waals surface area contributed by atoms with E-state index >= 15 is 0 Å². The van der Waals surface area contributed by atoms with Crippen molar-refractivity contribution in [2.75, 3.05) is 6.73 Å². The molecule has 29 heavy (non-hydrogen) atoms. The zero-order valence-electron chi connectivity index (χ0n) is 16.0. The second kappa shape index (κ2) is 11.0. The summed E-state index contributed by atoms with van der Waals surface area (Å²) in [6.45, 7) is 0.482. The molecule has 0 aromatic heterocycles. The number of amides is 1. The number of carbonyl (C=O) groups excluding carboxylic acids is 1. The van der Waals surface area contributed by atoms with Crippen LogP contribution in [0.25, 0.3) is 0 Å². The second-order valence-corrected chi connectivity index (χ2v) is 6.42. The number of carbonyl (C=O) groups is 1. The van der Waals surface area contributed by atoms with Gasteiger partial charge < -0.3 is 20.0 Å². The van der Waals surface area contributed by atoms with Crippen molar-refractivity contribution < 1.29 is 19.5 Å². The number of ether oxygens (including phenoxy) is 2. The van der Waals surface area contributed by atoms with Crippen molar-refractivity contribution in [3.05, 3.63) is 102 Å². The summed E-state index contributed by atoms with van der Waals surface area (Å²) in [6, 6.07) is 26.4. The van der Waals surface area contributed by atoms with E-state index in [9.17, 15) is 10.0 Å². The molecular weight excluding hydrogens is 368 g/mol. The minimum absolute atomic E-state index is 0.0236. The first-order chi connectivity index (χ1) is 14.2. The summed E-state index contributed by atoms with van der Waals surface area (Å²) in [6.07, 6.45) is -0.224. The van der Waals surface area contributed by atoms with Crippen LogP contribution in [0.3, 0.4) is 0 Å². The smallest absolute Gasteiger partial charge is 0.253 e. The van der Waals surface area contributed by atoms with Gasteiger partial charge in [0.25, 0.3) is 5.91 Å².